The van der Waals surface area contributed by atoms with E-state index < -0.39 is 0 Å². The largest absolute Gasteiger partial charge is 0.411 e. The molecular weight excluding hydrogens is 260 g/mol. The Bertz CT molecular complexity index is 627. The lowest BCUT2D eigenvalue weighted by atomic mass is 10.1. The SMILES string of the molecule is C#Cc1ncccc1C(C)=NO.Cl.c1cc2cc-2c1. The summed E-state index contributed by atoms with van der Waals surface area (Å²) in [5.41, 5.74) is 4.50. The van der Waals surface area contributed by atoms with Crippen LogP contribution in [0.4, 0.5) is 0 Å². The summed E-state index contributed by atoms with van der Waals surface area (Å²) in [6.45, 7) is 1.66. The molecule has 0 fully saturated rings. The second-order valence-corrected chi connectivity index (χ2v) is 3.81. The number of oxime groups is 1. The fourth-order valence-corrected chi connectivity index (χ4v) is 1.54. The predicted molar refractivity (Wildman–Crippen MR) is 78.9 cm³/mol. The lowest BCUT2D eigenvalue weighted by molar-refractivity contribution is 0.319. The van der Waals surface area contributed by atoms with Crippen molar-refractivity contribution >= 4 is 18.1 Å². The number of rotatable bonds is 1. The molecule has 2 aliphatic carbocycles. The summed E-state index contributed by atoms with van der Waals surface area (Å²) in [5, 5.41) is 11.5. The number of fused-ring (bicyclic) bond motifs is 1. The molecule has 0 spiro atoms. The van der Waals surface area contributed by atoms with Gasteiger partial charge in [0.15, 0.2) is 0 Å². The minimum atomic E-state index is 0. The van der Waals surface area contributed by atoms with Crippen molar-refractivity contribution in [3.05, 3.63) is 53.9 Å². The average molecular weight is 273 g/mol. The third-order valence-corrected chi connectivity index (χ3v) is 2.60. The van der Waals surface area contributed by atoms with Crippen molar-refractivity contribution in [3.63, 3.8) is 0 Å². The van der Waals surface area contributed by atoms with Gasteiger partial charge >= 0.3 is 0 Å². The van der Waals surface area contributed by atoms with Crippen LogP contribution in [-0.4, -0.2) is 15.9 Å². The van der Waals surface area contributed by atoms with Crippen LogP contribution in [0.5, 0.6) is 0 Å². The second-order valence-electron chi connectivity index (χ2n) is 3.81. The summed E-state index contributed by atoms with van der Waals surface area (Å²) in [6.07, 6.45) is 6.79. The summed E-state index contributed by atoms with van der Waals surface area (Å²) in [7, 11) is 0. The molecule has 3 rings (SSSR count). The van der Waals surface area contributed by atoms with Crippen LogP contribution in [0.25, 0.3) is 11.1 Å². The highest BCUT2D eigenvalue weighted by atomic mass is 35.5. The van der Waals surface area contributed by atoms with Gasteiger partial charge in [0, 0.05) is 11.8 Å². The van der Waals surface area contributed by atoms with E-state index in [4.69, 9.17) is 11.6 Å². The molecule has 0 saturated heterocycles. The molecule has 1 heterocycles. The molecule has 0 unspecified atom stereocenters. The van der Waals surface area contributed by atoms with Gasteiger partial charge in [-0.1, -0.05) is 23.4 Å². The minimum absolute atomic E-state index is 0. The van der Waals surface area contributed by atoms with E-state index in [0.717, 1.165) is 0 Å². The van der Waals surface area contributed by atoms with E-state index in [-0.39, 0.29) is 12.4 Å². The monoisotopic (exact) mass is 272 g/mol. The van der Waals surface area contributed by atoms with Crippen LogP contribution >= 0.6 is 12.4 Å². The van der Waals surface area contributed by atoms with Crippen molar-refractivity contribution in [1.82, 2.24) is 4.98 Å². The normalized spacial score (nSPS) is 10.4. The zero-order chi connectivity index (χ0) is 13.0. The number of aromatic nitrogens is 1. The number of pyridine rings is 1. The summed E-state index contributed by atoms with van der Waals surface area (Å²) >= 11 is 0. The zero-order valence-corrected chi connectivity index (χ0v) is 11.2. The van der Waals surface area contributed by atoms with Crippen LogP contribution in [0.2, 0.25) is 0 Å². The summed E-state index contributed by atoms with van der Waals surface area (Å²) in [6, 6.07) is 12.0. The first-order valence-corrected chi connectivity index (χ1v) is 5.47. The van der Waals surface area contributed by atoms with Crippen LogP contribution < -0.4 is 0 Å². The van der Waals surface area contributed by atoms with Gasteiger partial charge in [-0.15, -0.1) is 18.8 Å². The first-order chi connectivity index (χ1) is 8.76. The number of benzene rings is 1. The van der Waals surface area contributed by atoms with Gasteiger partial charge in [0.25, 0.3) is 0 Å². The molecule has 1 aromatic heterocycles. The molecule has 19 heavy (non-hydrogen) atoms. The molecule has 96 valence electrons. The van der Waals surface area contributed by atoms with Crippen molar-refractivity contribution < 1.29 is 5.21 Å². The van der Waals surface area contributed by atoms with Crippen molar-refractivity contribution in [2.45, 2.75) is 6.92 Å². The molecule has 1 N–H and O–H groups in total. The molecule has 1 aromatic rings. The van der Waals surface area contributed by atoms with Crippen molar-refractivity contribution in [2.75, 3.05) is 0 Å². The number of halogens is 1. The maximum atomic E-state index is 8.50. The van der Waals surface area contributed by atoms with Gasteiger partial charge in [-0.05, 0) is 42.2 Å². The van der Waals surface area contributed by atoms with Gasteiger partial charge in [-0.25, -0.2) is 4.98 Å². The third kappa shape index (κ3) is 3.57. The van der Waals surface area contributed by atoms with Gasteiger partial charge < -0.3 is 5.21 Å². The van der Waals surface area contributed by atoms with E-state index in [0.29, 0.717) is 17.0 Å². The first-order valence-electron chi connectivity index (χ1n) is 5.47. The predicted octanol–water partition coefficient (Wildman–Crippen LogP) is 3.35. The standard InChI is InChI=1S/C9H8N2O.C6H4.ClH/c1-3-9-8(7(2)11-12)5-4-6-10-9;1-2-5-4-6(5)3-1;/h1,4-6,12H,2H3;1-4H;1H. The Morgan fingerprint density at radius 2 is 1.95 bits per heavy atom. The zero-order valence-electron chi connectivity index (χ0n) is 10.4. The maximum Gasteiger partial charge on any atom is 0.122 e. The minimum Gasteiger partial charge on any atom is -0.411 e. The van der Waals surface area contributed by atoms with E-state index in [2.05, 4.69) is 40.3 Å². The van der Waals surface area contributed by atoms with Crippen LogP contribution in [0.1, 0.15) is 18.2 Å². The lowest BCUT2D eigenvalue weighted by Crippen LogP contribution is -1.99. The molecule has 0 aliphatic heterocycles. The lowest BCUT2D eigenvalue weighted by Gasteiger charge is -1.99. The average Bonchev–Trinajstić information content (AvgIpc) is 3.04. The molecule has 4 heteroatoms. The van der Waals surface area contributed by atoms with E-state index in [1.54, 1.807) is 25.3 Å². The fraction of sp³-hybridized carbons (Fsp3) is 0.0667. The number of terminal acetylenes is 1. The fourth-order valence-electron chi connectivity index (χ4n) is 1.54. The highest BCUT2D eigenvalue weighted by Crippen LogP contribution is 2.32. The van der Waals surface area contributed by atoms with E-state index in [1.165, 1.54) is 11.1 Å². The quantitative estimate of drug-likeness (QED) is 0.320. The number of nitrogens with zero attached hydrogens (tertiary/aromatic N) is 2. The summed E-state index contributed by atoms with van der Waals surface area (Å²) < 4.78 is 0. The van der Waals surface area contributed by atoms with Gasteiger partial charge in [0.1, 0.15) is 5.69 Å². The first kappa shape index (κ1) is 14.7. The van der Waals surface area contributed by atoms with Crippen LogP contribution in [0.15, 0.2) is 47.8 Å². The van der Waals surface area contributed by atoms with Crippen molar-refractivity contribution in [1.29, 1.82) is 0 Å². The van der Waals surface area contributed by atoms with Gasteiger partial charge in [-0.2, -0.15) is 0 Å². The Morgan fingerprint density at radius 1 is 1.26 bits per heavy atom. The van der Waals surface area contributed by atoms with Crippen LogP contribution in [0.3, 0.4) is 0 Å². The van der Waals surface area contributed by atoms with E-state index >= 15 is 0 Å². The topological polar surface area (TPSA) is 45.5 Å². The summed E-state index contributed by atoms with van der Waals surface area (Å²) in [4.78, 5) is 3.94. The van der Waals surface area contributed by atoms with Crippen LogP contribution in [0, 0.1) is 12.3 Å². The Hall–Kier alpha value is -2.31. The van der Waals surface area contributed by atoms with Gasteiger partial charge in [0.2, 0.25) is 0 Å². The highest BCUT2D eigenvalue weighted by Gasteiger charge is 2.07. The molecule has 0 radical (unpaired) electrons. The molecule has 0 saturated carbocycles. The Morgan fingerprint density at radius 3 is 2.37 bits per heavy atom. The molecule has 3 nitrogen and oxygen atoms in total. The van der Waals surface area contributed by atoms with Crippen molar-refractivity contribution in [3.8, 4) is 23.5 Å². The second kappa shape index (κ2) is 6.58. The summed E-state index contributed by atoms with van der Waals surface area (Å²) in [5.74, 6) is 2.41. The molecular formula is C15H13ClN2O. The van der Waals surface area contributed by atoms with Gasteiger partial charge in [0.05, 0.1) is 5.71 Å². The van der Waals surface area contributed by atoms with Crippen LogP contribution in [-0.2, 0) is 0 Å². The van der Waals surface area contributed by atoms with Gasteiger partial charge in [-0.3, -0.25) is 0 Å². The number of hydrogen-bond acceptors (Lipinski definition) is 3. The molecule has 0 atom stereocenters. The molecule has 0 amide bonds. The third-order valence-electron chi connectivity index (χ3n) is 2.60. The Balaban J connectivity index is 0.000000214. The highest BCUT2D eigenvalue weighted by molar-refractivity contribution is 5.99. The van der Waals surface area contributed by atoms with E-state index in [9.17, 15) is 0 Å². The van der Waals surface area contributed by atoms with Crippen molar-refractivity contribution in [2.24, 2.45) is 5.16 Å². The maximum absolute atomic E-state index is 8.50. The number of hydrogen-bond donors (Lipinski definition) is 1. The molecule has 2 aliphatic rings. The van der Waals surface area contributed by atoms with E-state index in [1.807, 2.05) is 0 Å². The Kier molecular flexibility index (Phi) is 5.11. The molecule has 0 aromatic carbocycles. The Labute approximate surface area is 118 Å². The molecule has 0 bridgehead atoms. The smallest absolute Gasteiger partial charge is 0.122 e.